The van der Waals surface area contributed by atoms with E-state index in [-0.39, 0.29) is 12.6 Å². The average Bonchev–Trinajstić information content (AvgIpc) is 2.92. The smallest absolute Gasteiger partial charge is 0.321 e. The molecule has 0 unspecified atom stereocenters. The van der Waals surface area contributed by atoms with Crippen LogP contribution in [-0.2, 0) is 4.79 Å². The van der Waals surface area contributed by atoms with Gasteiger partial charge in [-0.2, -0.15) is 0 Å². The van der Waals surface area contributed by atoms with Crippen LogP contribution in [0.4, 0.5) is 4.79 Å². The third kappa shape index (κ3) is 5.10. The maximum absolute atomic E-state index is 11.6. The van der Waals surface area contributed by atoms with Crippen molar-refractivity contribution in [1.82, 2.24) is 10.6 Å². The summed E-state index contributed by atoms with van der Waals surface area (Å²) in [7, 11) is 0. The second-order valence-corrected chi connectivity index (χ2v) is 5.68. The molecule has 3 amide bonds. The van der Waals surface area contributed by atoms with Crippen LogP contribution in [0.25, 0.3) is 0 Å². The molecule has 2 rings (SSSR count). The number of ether oxygens (including phenoxy) is 1. The van der Waals surface area contributed by atoms with Crippen molar-refractivity contribution in [3.05, 3.63) is 28.2 Å². The third-order valence-electron chi connectivity index (χ3n) is 3.20. The summed E-state index contributed by atoms with van der Waals surface area (Å²) >= 11 is 11.6. The molecule has 0 aliphatic heterocycles. The number of carbonyl (C=O) groups is 2. The number of hydrogen-bond donors (Lipinski definition) is 2. The molecule has 1 aliphatic rings. The van der Waals surface area contributed by atoms with Crippen molar-refractivity contribution in [2.45, 2.75) is 31.7 Å². The molecule has 1 aliphatic carbocycles. The quantitative estimate of drug-likeness (QED) is 0.891. The lowest BCUT2D eigenvalue weighted by Crippen LogP contribution is -2.45. The van der Waals surface area contributed by atoms with Crippen LogP contribution in [0.5, 0.6) is 5.75 Å². The Morgan fingerprint density at radius 1 is 1.19 bits per heavy atom. The molecule has 114 valence electrons. The Bertz CT molecular complexity index is 531. The molecular formula is C14H16Cl2N2O3. The van der Waals surface area contributed by atoms with Crippen LogP contribution >= 0.6 is 23.2 Å². The Morgan fingerprint density at radius 2 is 1.90 bits per heavy atom. The van der Waals surface area contributed by atoms with Crippen molar-refractivity contribution in [2.24, 2.45) is 0 Å². The molecule has 0 radical (unpaired) electrons. The van der Waals surface area contributed by atoms with Gasteiger partial charge < -0.3 is 10.1 Å². The van der Waals surface area contributed by atoms with E-state index in [0.717, 1.165) is 25.7 Å². The van der Waals surface area contributed by atoms with E-state index in [1.807, 2.05) is 0 Å². The largest absolute Gasteiger partial charge is 0.484 e. The minimum atomic E-state index is -0.517. The lowest BCUT2D eigenvalue weighted by molar-refractivity contribution is -0.122. The van der Waals surface area contributed by atoms with Crippen molar-refractivity contribution in [1.29, 1.82) is 0 Å². The molecule has 1 fully saturated rings. The van der Waals surface area contributed by atoms with E-state index in [2.05, 4.69) is 10.6 Å². The number of carbonyl (C=O) groups excluding carboxylic acids is 2. The SMILES string of the molecule is O=C(COc1ccc(Cl)c(Cl)c1)NC(=O)NC1CCCC1. The molecule has 2 N–H and O–H groups in total. The van der Waals surface area contributed by atoms with Crippen molar-refractivity contribution >= 4 is 35.1 Å². The number of rotatable bonds is 4. The Kier molecular flexibility index (Phi) is 5.70. The summed E-state index contributed by atoms with van der Waals surface area (Å²) in [6.45, 7) is -0.268. The van der Waals surface area contributed by atoms with Gasteiger partial charge in [0, 0.05) is 12.1 Å². The predicted molar refractivity (Wildman–Crippen MR) is 80.9 cm³/mol. The number of urea groups is 1. The second-order valence-electron chi connectivity index (χ2n) is 4.87. The first-order chi connectivity index (χ1) is 10.0. The first-order valence-electron chi connectivity index (χ1n) is 6.73. The average molecular weight is 331 g/mol. The number of nitrogens with one attached hydrogen (secondary N) is 2. The van der Waals surface area contributed by atoms with Gasteiger partial charge in [-0.3, -0.25) is 10.1 Å². The Balaban J connectivity index is 1.73. The molecular weight excluding hydrogens is 315 g/mol. The van der Waals surface area contributed by atoms with E-state index in [1.54, 1.807) is 12.1 Å². The fourth-order valence-electron chi connectivity index (χ4n) is 2.17. The van der Waals surface area contributed by atoms with Gasteiger partial charge in [-0.05, 0) is 25.0 Å². The lowest BCUT2D eigenvalue weighted by atomic mass is 10.2. The Hall–Kier alpha value is -1.46. The van der Waals surface area contributed by atoms with Crippen LogP contribution in [0, 0.1) is 0 Å². The van der Waals surface area contributed by atoms with Gasteiger partial charge in [-0.15, -0.1) is 0 Å². The van der Waals surface area contributed by atoms with E-state index < -0.39 is 11.9 Å². The fourth-order valence-corrected chi connectivity index (χ4v) is 2.46. The van der Waals surface area contributed by atoms with Gasteiger partial charge in [0.25, 0.3) is 5.91 Å². The van der Waals surface area contributed by atoms with Crippen molar-refractivity contribution < 1.29 is 14.3 Å². The standard InChI is InChI=1S/C14H16Cl2N2O3/c15-11-6-5-10(7-12(11)16)21-8-13(19)18-14(20)17-9-3-1-2-4-9/h5-7,9H,1-4,8H2,(H2,17,18,19,20). The number of amides is 3. The van der Waals surface area contributed by atoms with Crippen LogP contribution in [0.15, 0.2) is 18.2 Å². The maximum Gasteiger partial charge on any atom is 0.321 e. The summed E-state index contributed by atoms with van der Waals surface area (Å²) in [5.74, 6) is -0.104. The predicted octanol–water partition coefficient (Wildman–Crippen LogP) is 3.14. The third-order valence-corrected chi connectivity index (χ3v) is 3.94. The maximum atomic E-state index is 11.6. The summed E-state index contributed by atoms with van der Waals surface area (Å²) in [6, 6.07) is 4.36. The van der Waals surface area contributed by atoms with Gasteiger partial charge in [0.1, 0.15) is 5.75 Å². The molecule has 0 heterocycles. The fraction of sp³-hybridized carbons (Fsp3) is 0.429. The molecule has 1 aromatic carbocycles. The van der Waals surface area contributed by atoms with Gasteiger partial charge in [0.15, 0.2) is 6.61 Å². The lowest BCUT2D eigenvalue weighted by Gasteiger charge is -2.12. The highest BCUT2D eigenvalue weighted by Crippen LogP contribution is 2.26. The monoisotopic (exact) mass is 330 g/mol. The van der Waals surface area contributed by atoms with Gasteiger partial charge in [0.05, 0.1) is 10.0 Å². The van der Waals surface area contributed by atoms with Crippen molar-refractivity contribution in [3.63, 3.8) is 0 Å². The first-order valence-corrected chi connectivity index (χ1v) is 7.48. The van der Waals surface area contributed by atoms with Crippen LogP contribution in [0.3, 0.4) is 0 Å². The van der Waals surface area contributed by atoms with Crippen molar-refractivity contribution in [2.75, 3.05) is 6.61 Å². The highest BCUT2D eigenvalue weighted by atomic mass is 35.5. The second kappa shape index (κ2) is 7.52. The molecule has 21 heavy (non-hydrogen) atoms. The Labute approximate surface area is 132 Å². The van der Waals surface area contributed by atoms with E-state index in [9.17, 15) is 9.59 Å². The van der Waals surface area contributed by atoms with E-state index in [4.69, 9.17) is 27.9 Å². The zero-order chi connectivity index (χ0) is 15.2. The van der Waals surface area contributed by atoms with E-state index >= 15 is 0 Å². The molecule has 0 bridgehead atoms. The normalized spacial score (nSPS) is 14.8. The molecule has 0 aromatic heterocycles. The van der Waals surface area contributed by atoms with Crippen LogP contribution < -0.4 is 15.4 Å². The van der Waals surface area contributed by atoms with Crippen molar-refractivity contribution in [3.8, 4) is 5.75 Å². The van der Waals surface area contributed by atoms with Crippen LogP contribution in [0.1, 0.15) is 25.7 Å². The zero-order valence-corrected chi connectivity index (χ0v) is 12.8. The molecule has 0 atom stereocenters. The summed E-state index contributed by atoms with van der Waals surface area (Å²) < 4.78 is 5.24. The molecule has 0 saturated heterocycles. The molecule has 5 nitrogen and oxygen atoms in total. The van der Waals surface area contributed by atoms with Crippen LogP contribution in [-0.4, -0.2) is 24.6 Å². The molecule has 0 spiro atoms. The van der Waals surface area contributed by atoms with Gasteiger partial charge in [0.2, 0.25) is 0 Å². The first kappa shape index (κ1) is 15.9. The Morgan fingerprint density at radius 3 is 2.57 bits per heavy atom. The summed E-state index contributed by atoms with van der Waals surface area (Å²) in [6.07, 6.45) is 4.14. The summed E-state index contributed by atoms with van der Waals surface area (Å²) in [4.78, 5) is 23.2. The van der Waals surface area contributed by atoms with Crippen LogP contribution in [0.2, 0.25) is 10.0 Å². The van der Waals surface area contributed by atoms with Gasteiger partial charge >= 0.3 is 6.03 Å². The minimum Gasteiger partial charge on any atom is -0.484 e. The molecule has 1 saturated carbocycles. The minimum absolute atomic E-state index is 0.161. The summed E-state index contributed by atoms with van der Waals surface area (Å²) in [5, 5.41) is 5.74. The van der Waals surface area contributed by atoms with Gasteiger partial charge in [-0.25, -0.2) is 4.79 Å². The molecule has 7 heteroatoms. The number of benzene rings is 1. The van der Waals surface area contributed by atoms with E-state index in [1.165, 1.54) is 6.07 Å². The van der Waals surface area contributed by atoms with E-state index in [0.29, 0.717) is 15.8 Å². The number of hydrogen-bond acceptors (Lipinski definition) is 3. The summed E-state index contributed by atoms with van der Waals surface area (Å²) in [5.41, 5.74) is 0. The van der Waals surface area contributed by atoms with Gasteiger partial charge in [-0.1, -0.05) is 36.0 Å². The highest BCUT2D eigenvalue weighted by Gasteiger charge is 2.18. The topological polar surface area (TPSA) is 67.4 Å². The number of halogens is 2. The highest BCUT2D eigenvalue weighted by molar-refractivity contribution is 6.42. The zero-order valence-electron chi connectivity index (χ0n) is 11.3. The number of imide groups is 1. The molecule has 1 aromatic rings.